The summed E-state index contributed by atoms with van der Waals surface area (Å²) in [7, 11) is 1.60. The topological polar surface area (TPSA) is 77.5 Å². The first-order valence-electron chi connectivity index (χ1n) is 8.23. The van der Waals surface area contributed by atoms with Crippen LogP contribution in [0.15, 0.2) is 60.0 Å². The SMILES string of the molecule is COc1ccc(CNC(=O)c2csc(COC(=O)c3ccccc3)n2)cc1. The van der Waals surface area contributed by atoms with Crippen LogP contribution in [0.3, 0.4) is 0 Å². The number of carbonyl (C=O) groups excluding carboxylic acids is 2. The van der Waals surface area contributed by atoms with E-state index in [1.165, 1.54) is 11.3 Å². The number of thiazole rings is 1. The number of hydrogen-bond acceptors (Lipinski definition) is 6. The molecule has 0 aliphatic carbocycles. The van der Waals surface area contributed by atoms with Gasteiger partial charge in [0.25, 0.3) is 5.91 Å². The maximum atomic E-state index is 12.2. The summed E-state index contributed by atoms with van der Waals surface area (Å²) in [6.07, 6.45) is 0. The summed E-state index contributed by atoms with van der Waals surface area (Å²) in [5.74, 6) is 0.0679. The smallest absolute Gasteiger partial charge is 0.338 e. The van der Waals surface area contributed by atoms with Crippen molar-refractivity contribution in [3.05, 3.63) is 81.8 Å². The molecule has 3 aromatic rings. The Bertz CT molecular complexity index is 907. The third kappa shape index (κ3) is 5.15. The molecule has 1 N–H and O–H groups in total. The maximum absolute atomic E-state index is 12.2. The Balaban J connectivity index is 1.50. The van der Waals surface area contributed by atoms with Crippen LogP contribution >= 0.6 is 11.3 Å². The minimum atomic E-state index is -0.420. The number of rotatable bonds is 7. The molecule has 0 aliphatic heterocycles. The van der Waals surface area contributed by atoms with E-state index in [-0.39, 0.29) is 12.5 Å². The summed E-state index contributed by atoms with van der Waals surface area (Å²) in [5, 5.41) is 5.03. The summed E-state index contributed by atoms with van der Waals surface area (Å²) in [5.41, 5.74) is 1.74. The third-order valence-electron chi connectivity index (χ3n) is 3.73. The van der Waals surface area contributed by atoms with E-state index in [4.69, 9.17) is 9.47 Å². The Kier molecular flexibility index (Phi) is 6.17. The molecule has 0 aliphatic rings. The van der Waals surface area contributed by atoms with Gasteiger partial charge in [-0.3, -0.25) is 4.79 Å². The Morgan fingerprint density at radius 2 is 1.81 bits per heavy atom. The van der Waals surface area contributed by atoms with Crippen LogP contribution in [-0.4, -0.2) is 24.0 Å². The number of nitrogens with zero attached hydrogens (tertiary/aromatic N) is 1. The van der Waals surface area contributed by atoms with Gasteiger partial charge in [-0.15, -0.1) is 11.3 Å². The number of carbonyl (C=O) groups is 2. The number of nitrogens with one attached hydrogen (secondary N) is 1. The highest BCUT2D eigenvalue weighted by Gasteiger charge is 2.13. The van der Waals surface area contributed by atoms with Gasteiger partial charge >= 0.3 is 5.97 Å². The molecule has 1 aromatic heterocycles. The lowest BCUT2D eigenvalue weighted by molar-refractivity contribution is 0.0472. The van der Waals surface area contributed by atoms with Crippen LogP contribution in [0.2, 0.25) is 0 Å². The molecule has 0 spiro atoms. The summed E-state index contributed by atoms with van der Waals surface area (Å²) < 4.78 is 10.3. The molecule has 6 nitrogen and oxygen atoms in total. The average molecular weight is 382 g/mol. The largest absolute Gasteiger partial charge is 0.497 e. The lowest BCUT2D eigenvalue weighted by Gasteiger charge is -2.05. The van der Waals surface area contributed by atoms with E-state index in [0.717, 1.165) is 11.3 Å². The Hall–Kier alpha value is -3.19. The highest BCUT2D eigenvalue weighted by Crippen LogP contribution is 2.14. The van der Waals surface area contributed by atoms with Gasteiger partial charge in [0.2, 0.25) is 0 Å². The van der Waals surface area contributed by atoms with Crippen molar-refractivity contribution in [3.8, 4) is 5.75 Å². The quantitative estimate of drug-likeness (QED) is 0.634. The van der Waals surface area contributed by atoms with Crippen molar-refractivity contribution in [2.75, 3.05) is 7.11 Å². The Morgan fingerprint density at radius 3 is 2.52 bits per heavy atom. The summed E-state index contributed by atoms with van der Waals surface area (Å²) in [6.45, 7) is 0.419. The molecule has 0 radical (unpaired) electrons. The second-order valence-corrected chi connectivity index (χ2v) is 6.54. The van der Waals surface area contributed by atoms with Crippen LogP contribution in [0.25, 0.3) is 0 Å². The zero-order chi connectivity index (χ0) is 19.1. The van der Waals surface area contributed by atoms with Crippen molar-refractivity contribution < 1.29 is 19.1 Å². The average Bonchev–Trinajstić information content (AvgIpc) is 3.20. The zero-order valence-electron chi connectivity index (χ0n) is 14.7. The molecule has 1 amide bonds. The van der Waals surface area contributed by atoms with Gasteiger partial charge < -0.3 is 14.8 Å². The van der Waals surface area contributed by atoms with E-state index in [1.807, 2.05) is 30.3 Å². The summed E-state index contributed by atoms with van der Waals surface area (Å²) in [4.78, 5) is 28.4. The number of benzene rings is 2. The van der Waals surface area contributed by atoms with Gasteiger partial charge in [0.05, 0.1) is 12.7 Å². The Labute approximate surface area is 160 Å². The van der Waals surface area contributed by atoms with Crippen LogP contribution in [0, 0.1) is 0 Å². The molecule has 0 fully saturated rings. The van der Waals surface area contributed by atoms with Gasteiger partial charge in [0.1, 0.15) is 23.1 Å². The fourth-order valence-corrected chi connectivity index (χ4v) is 2.97. The summed E-state index contributed by atoms with van der Waals surface area (Å²) >= 11 is 1.28. The number of hydrogen-bond donors (Lipinski definition) is 1. The van der Waals surface area contributed by atoms with E-state index in [1.54, 1.807) is 36.8 Å². The molecule has 138 valence electrons. The fourth-order valence-electron chi connectivity index (χ4n) is 2.28. The van der Waals surface area contributed by atoms with E-state index in [2.05, 4.69) is 10.3 Å². The van der Waals surface area contributed by atoms with Crippen molar-refractivity contribution in [1.29, 1.82) is 0 Å². The molecule has 0 atom stereocenters. The molecule has 1 heterocycles. The van der Waals surface area contributed by atoms with E-state index >= 15 is 0 Å². The highest BCUT2D eigenvalue weighted by atomic mass is 32.1. The molecular formula is C20H18N2O4S. The van der Waals surface area contributed by atoms with Crippen molar-refractivity contribution >= 4 is 23.2 Å². The van der Waals surface area contributed by atoms with Crippen LogP contribution in [0.5, 0.6) is 5.75 Å². The predicted molar refractivity (Wildman–Crippen MR) is 102 cm³/mol. The van der Waals surface area contributed by atoms with Crippen molar-refractivity contribution in [2.45, 2.75) is 13.2 Å². The standard InChI is InChI=1S/C20H18N2O4S/c1-25-16-9-7-14(8-10-16)11-21-19(23)17-13-27-18(22-17)12-26-20(24)15-5-3-2-4-6-15/h2-10,13H,11-12H2,1H3,(H,21,23). The van der Waals surface area contributed by atoms with Gasteiger partial charge in [0.15, 0.2) is 0 Å². The Morgan fingerprint density at radius 1 is 1.07 bits per heavy atom. The summed E-state index contributed by atoms with van der Waals surface area (Å²) in [6, 6.07) is 16.2. The number of amides is 1. The molecule has 0 bridgehead atoms. The second-order valence-electron chi connectivity index (χ2n) is 5.60. The minimum absolute atomic E-state index is 0.0319. The maximum Gasteiger partial charge on any atom is 0.338 e. The fraction of sp³-hybridized carbons (Fsp3) is 0.150. The zero-order valence-corrected chi connectivity index (χ0v) is 15.5. The van der Waals surface area contributed by atoms with Gasteiger partial charge in [-0.1, -0.05) is 30.3 Å². The predicted octanol–water partition coefficient (Wildman–Crippen LogP) is 3.44. The van der Waals surface area contributed by atoms with Crippen molar-refractivity contribution in [1.82, 2.24) is 10.3 Å². The second kappa shape index (κ2) is 8.95. The molecule has 7 heteroatoms. The first-order valence-corrected chi connectivity index (χ1v) is 9.11. The molecule has 0 saturated carbocycles. The number of ether oxygens (including phenoxy) is 2. The lowest BCUT2D eigenvalue weighted by Crippen LogP contribution is -2.23. The van der Waals surface area contributed by atoms with E-state index in [9.17, 15) is 9.59 Å². The van der Waals surface area contributed by atoms with Gasteiger partial charge in [-0.05, 0) is 29.8 Å². The van der Waals surface area contributed by atoms with E-state index < -0.39 is 5.97 Å². The van der Waals surface area contributed by atoms with Crippen LogP contribution in [0.1, 0.15) is 31.4 Å². The van der Waals surface area contributed by atoms with Crippen LogP contribution < -0.4 is 10.1 Å². The van der Waals surface area contributed by atoms with Gasteiger partial charge in [0, 0.05) is 11.9 Å². The first kappa shape index (κ1) is 18.6. The number of esters is 1. The van der Waals surface area contributed by atoms with Crippen molar-refractivity contribution in [3.63, 3.8) is 0 Å². The highest BCUT2D eigenvalue weighted by molar-refractivity contribution is 7.09. The van der Waals surface area contributed by atoms with Gasteiger partial charge in [-0.25, -0.2) is 9.78 Å². The third-order valence-corrected chi connectivity index (χ3v) is 4.56. The van der Waals surface area contributed by atoms with E-state index in [0.29, 0.717) is 22.8 Å². The minimum Gasteiger partial charge on any atom is -0.497 e. The normalized spacial score (nSPS) is 10.3. The van der Waals surface area contributed by atoms with Crippen LogP contribution in [-0.2, 0) is 17.9 Å². The molecule has 0 saturated heterocycles. The molecule has 2 aromatic carbocycles. The number of methoxy groups -OCH3 is 1. The molecule has 3 rings (SSSR count). The van der Waals surface area contributed by atoms with Gasteiger partial charge in [-0.2, -0.15) is 0 Å². The molecule has 27 heavy (non-hydrogen) atoms. The molecular weight excluding hydrogens is 364 g/mol. The molecule has 0 unspecified atom stereocenters. The number of aromatic nitrogens is 1. The monoisotopic (exact) mass is 382 g/mol. The first-order chi connectivity index (χ1) is 13.2. The van der Waals surface area contributed by atoms with Crippen molar-refractivity contribution in [2.24, 2.45) is 0 Å². The van der Waals surface area contributed by atoms with Crippen LogP contribution in [0.4, 0.5) is 0 Å². The lowest BCUT2D eigenvalue weighted by atomic mass is 10.2.